The van der Waals surface area contributed by atoms with Gasteiger partial charge in [0.15, 0.2) is 0 Å². The molecule has 0 saturated heterocycles. The van der Waals surface area contributed by atoms with Gasteiger partial charge in [-0.05, 0) is 37.5 Å². The first-order valence-electron chi connectivity index (χ1n) is 7.22. The molecule has 0 aliphatic rings. The molecule has 0 amide bonds. The highest BCUT2D eigenvalue weighted by Gasteiger charge is 2.01. The third-order valence-corrected chi connectivity index (χ3v) is 3.50. The molecular formula is C16H32. The summed E-state index contributed by atoms with van der Waals surface area (Å²) in [7, 11) is 0. The Morgan fingerprint density at radius 3 is 2.19 bits per heavy atom. The summed E-state index contributed by atoms with van der Waals surface area (Å²) in [5.74, 6) is 1.74. The molecule has 0 radical (unpaired) electrons. The van der Waals surface area contributed by atoms with E-state index in [1.807, 2.05) is 0 Å². The minimum absolute atomic E-state index is 0.869. The summed E-state index contributed by atoms with van der Waals surface area (Å²) in [6.45, 7) is 13.4. The highest BCUT2D eigenvalue weighted by atomic mass is 14.1. The highest BCUT2D eigenvalue weighted by molar-refractivity contribution is 4.93. The molecular weight excluding hydrogens is 192 g/mol. The Morgan fingerprint density at radius 2 is 1.62 bits per heavy atom. The maximum atomic E-state index is 4.19. The molecule has 16 heavy (non-hydrogen) atoms. The van der Waals surface area contributed by atoms with E-state index >= 15 is 0 Å². The molecule has 0 aromatic carbocycles. The van der Waals surface area contributed by atoms with Crippen LogP contribution in [0.5, 0.6) is 0 Å². The van der Waals surface area contributed by atoms with Gasteiger partial charge in [-0.1, -0.05) is 65.5 Å². The fraction of sp³-hybridized carbons (Fsp3) is 0.875. The first kappa shape index (κ1) is 15.7. The zero-order valence-corrected chi connectivity index (χ0v) is 12.0. The van der Waals surface area contributed by atoms with Crippen molar-refractivity contribution >= 4 is 0 Å². The second-order valence-corrected chi connectivity index (χ2v) is 5.80. The van der Waals surface area contributed by atoms with Gasteiger partial charge in [0.05, 0.1) is 0 Å². The van der Waals surface area contributed by atoms with Gasteiger partial charge in [0.25, 0.3) is 0 Å². The van der Waals surface area contributed by atoms with Crippen molar-refractivity contribution in [3.63, 3.8) is 0 Å². The van der Waals surface area contributed by atoms with Crippen LogP contribution in [0.15, 0.2) is 12.2 Å². The van der Waals surface area contributed by atoms with Crippen molar-refractivity contribution in [1.82, 2.24) is 0 Å². The Kier molecular flexibility index (Phi) is 9.77. The molecule has 96 valence electrons. The van der Waals surface area contributed by atoms with Crippen molar-refractivity contribution in [2.45, 2.75) is 79.1 Å². The monoisotopic (exact) mass is 224 g/mol. The summed E-state index contributed by atoms with van der Waals surface area (Å²) in [5.41, 5.74) is 1.48. The summed E-state index contributed by atoms with van der Waals surface area (Å²) in [6, 6.07) is 0. The van der Waals surface area contributed by atoms with Crippen molar-refractivity contribution in [2.24, 2.45) is 11.8 Å². The molecule has 0 nitrogen and oxygen atoms in total. The molecule has 0 heterocycles. The maximum absolute atomic E-state index is 4.19. The molecule has 0 fully saturated rings. The fourth-order valence-electron chi connectivity index (χ4n) is 1.88. The van der Waals surface area contributed by atoms with E-state index in [1.165, 1.54) is 56.9 Å². The van der Waals surface area contributed by atoms with Gasteiger partial charge in [-0.2, -0.15) is 0 Å². The molecule has 0 rings (SSSR count). The fourth-order valence-corrected chi connectivity index (χ4v) is 1.88. The molecule has 0 spiro atoms. The summed E-state index contributed by atoms with van der Waals surface area (Å²) in [5, 5.41) is 0. The lowest BCUT2D eigenvalue weighted by Crippen LogP contribution is -1.93. The van der Waals surface area contributed by atoms with Gasteiger partial charge >= 0.3 is 0 Å². The van der Waals surface area contributed by atoms with E-state index in [9.17, 15) is 0 Å². The molecule has 1 atom stereocenters. The summed E-state index contributed by atoms with van der Waals surface area (Å²) in [6.07, 6.45) is 10.7. The largest absolute Gasteiger partial charge is 0.0999 e. The summed E-state index contributed by atoms with van der Waals surface area (Å²) >= 11 is 0. The molecule has 0 saturated carbocycles. The third kappa shape index (κ3) is 10.3. The quantitative estimate of drug-likeness (QED) is 0.316. The van der Waals surface area contributed by atoms with Crippen molar-refractivity contribution in [3.05, 3.63) is 12.2 Å². The van der Waals surface area contributed by atoms with Crippen LogP contribution < -0.4 is 0 Å². The van der Waals surface area contributed by atoms with E-state index in [4.69, 9.17) is 0 Å². The average Bonchev–Trinajstić information content (AvgIpc) is 2.24. The number of allylic oxidation sites excluding steroid dienone is 1. The molecule has 0 bridgehead atoms. The van der Waals surface area contributed by atoms with Crippen LogP contribution in [0.4, 0.5) is 0 Å². The van der Waals surface area contributed by atoms with Gasteiger partial charge in [-0.25, -0.2) is 0 Å². The SMILES string of the molecule is C=C(CCCCCC(C)C)CCC(C)CC. The van der Waals surface area contributed by atoms with Gasteiger partial charge < -0.3 is 0 Å². The molecule has 0 heteroatoms. The van der Waals surface area contributed by atoms with E-state index in [1.54, 1.807) is 0 Å². The van der Waals surface area contributed by atoms with Crippen LogP contribution in [0, 0.1) is 11.8 Å². The van der Waals surface area contributed by atoms with Gasteiger partial charge in [0.2, 0.25) is 0 Å². The van der Waals surface area contributed by atoms with E-state index in [0.29, 0.717) is 0 Å². The average molecular weight is 224 g/mol. The van der Waals surface area contributed by atoms with Crippen LogP contribution in [0.25, 0.3) is 0 Å². The summed E-state index contributed by atoms with van der Waals surface area (Å²) in [4.78, 5) is 0. The van der Waals surface area contributed by atoms with Crippen molar-refractivity contribution in [3.8, 4) is 0 Å². The lowest BCUT2D eigenvalue weighted by atomic mass is 9.96. The second-order valence-electron chi connectivity index (χ2n) is 5.80. The Hall–Kier alpha value is -0.260. The van der Waals surface area contributed by atoms with Gasteiger partial charge in [-0.15, -0.1) is 0 Å². The topological polar surface area (TPSA) is 0 Å². The van der Waals surface area contributed by atoms with E-state index in [-0.39, 0.29) is 0 Å². The van der Waals surface area contributed by atoms with Crippen molar-refractivity contribution in [2.75, 3.05) is 0 Å². The van der Waals surface area contributed by atoms with Crippen LogP contribution in [-0.2, 0) is 0 Å². The van der Waals surface area contributed by atoms with Crippen LogP contribution in [0.3, 0.4) is 0 Å². The van der Waals surface area contributed by atoms with Gasteiger partial charge in [-0.3, -0.25) is 0 Å². The van der Waals surface area contributed by atoms with Crippen LogP contribution in [0.2, 0.25) is 0 Å². The predicted octanol–water partition coefficient (Wildman–Crippen LogP) is 5.98. The Labute approximate surface area is 104 Å². The molecule has 0 aliphatic heterocycles. The molecule has 0 aromatic rings. The second kappa shape index (κ2) is 9.93. The number of hydrogen-bond donors (Lipinski definition) is 0. The molecule has 0 aromatic heterocycles. The molecule has 1 unspecified atom stereocenters. The molecule has 0 aliphatic carbocycles. The van der Waals surface area contributed by atoms with Crippen LogP contribution in [-0.4, -0.2) is 0 Å². The van der Waals surface area contributed by atoms with Crippen molar-refractivity contribution < 1.29 is 0 Å². The van der Waals surface area contributed by atoms with E-state index in [0.717, 1.165) is 11.8 Å². The Balaban J connectivity index is 3.30. The van der Waals surface area contributed by atoms with Gasteiger partial charge in [0.1, 0.15) is 0 Å². The lowest BCUT2D eigenvalue weighted by Gasteiger charge is -2.10. The maximum Gasteiger partial charge on any atom is -0.0320 e. The number of unbranched alkanes of at least 4 members (excludes halogenated alkanes) is 2. The van der Waals surface area contributed by atoms with E-state index in [2.05, 4.69) is 34.3 Å². The van der Waals surface area contributed by atoms with Gasteiger partial charge in [0, 0.05) is 0 Å². The van der Waals surface area contributed by atoms with E-state index < -0.39 is 0 Å². The first-order valence-corrected chi connectivity index (χ1v) is 7.22. The van der Waals surface area contributed by atoms with Crippen LogP contribution >= 0.6 is 0 Å². The minimum atomic E-state index is 0.869. The smallest absolute Gasteiger partial charge is 0.0320 e. The zero-order valence-electron chi connectivity index (χ0n) is 12.0. The minimum Gasteiger partial charge on any atom is -0.0999 e. The Bertz CT molecular complexity index is 167. The third-order valence-electron chi connectivity index (χ3n) is 3.50. The normalized spacial score (nSPS) is 13.1. The predicted molar refractivity (Wildman–Crippen MR) is 75.8 cm³/mol. The lowest BCUT2D eigenvalue weighted by molar-refractivity contribution is 0.502. The number of hydrogen-bond acceptors (Lipinski definition) is 0. The van der Waals surface area contributed by atoms with Crippen molar-refractivity contribution in [1.29, 1.82) is 0 Å². The van der Waals surface area contributed by atoms with Crippen LogP contribution in [0.1, 0.15) is 79.1 Å². The standard InChI is InChI=1S/C16H32/c1-6-15(4)12-13-16(5)11-9-7-8-10-14(2)3/h14-15H,5-13H2,1-4H3. The number of rotatable bonds is 10. The highest BCUT2D eigenvalue weighted by Crippen LogP contribution is 2.18. The zero-order chi connectivity index (χ0) is 12.4. The molecule has 0 N–H and O–H groups in total. The first-order chi connectivity index (χ1) is 7.56. The Morgan fingerprint density at radius 1 is 0.938 bits per heavy atom. The summed E-state index contributed by atoms with van der Waals surface area (Å²) < 4.78 is 0.